The lowest BCUT2D eigenvalue weighted by molar-refractivity contribution is -0.118. The highest BCUT2D eigenvalue weighted by Crippen LogP contribution is 2.47. The molecular weight excluding hydrogens is 380 g/mol. The van der Waals surface area contributed by atoms with Crippen LogP contribution in [0.4, 0.5) is 11.5 Å². The Kier molecular flexibility index (Phi) is 4.92. The average molecular weight is 409 g/mol. The van der Waals surface area contributed by atoms with Gasteiger partial charge in [-0.05, 0) is 43.4 Å². The van der Waals surface area contributed by atoms with E-state index in [9.17, 15) is 14.4 Å². The molecule has 0 spiro atoms. The van der Waals surface area contributed by atoms with E-state index in [-0.39, 0.29) is 11.2 Å². The van der Waals surface area contributed by atoms with E-state index in [1.54, 1.807) is 0 Å². The second-order valence-electron chi connectivity index (χ2n) is 8.85. The van der Waals surface area contributed by atoms with Gasteiger partial charge in [0.05, 0.1) is 5.56 Å². The molecular formula is C23H28N4O3. The molecule has 7 nitrogen and oxygen atoms in total. The second-order valence-corrected chi connectivity index (χ2v) is 8.85. The van der Waals surface area contributed by atoms with Gasteiger partial charge in [-0.15, -0.1) is 0 Å². The lowest BCUT2D eigenvalue weighted by Crippen LogP contribution is -2.38. The number of ketones is 1. The smallest absolute Gasteiger partial charge is 0.327 e. The Morgan fingerprint density at radius 2 is 1.67 bits per heavy atom. The van der Waals surface area contributed by atoms with Gasteiger partial charge >= 0.3 is 5.69 Å². The molecule has 0 radical (unpaired) electrons. The van der Waals surface area contributed by atoms with E-state index in [1.165, 1.54) is 0 Å². The molecule has 0 amide bonds. The molecule has 158 valence electrons. The number of benzene rings is 1. The summed E-state index contributed by atoms with van der Waals surface area (Å²) in [5.41, 5.74) is 2.56. The van der Waals surface area contributed by atoms with Crippen LogP contribution in [0.25, 0.3) is 0 Å². The number of nitrogens with one attached hydrogen (secondary N) is 3. The molecule has 1 aliphatic heterocycles. The molecule has 0 fully saturated rings. The fraction of sp³-hybridized carbons (Fsp3) is 0.435. The number of hydrogen-bond donors (Lipinski definition) is 3. The molecule has 2 aromatic rings. The molecule has 7 heteroatoms. The number of H-pyrrole nitrogens is 2. The van der Waals surface area contributed by atoms with Crippen molar-refractivity contribution in [2.75, 3.05) is 23.3 Å². The number of aromatic nitrogens is 2. The number of aromatic amines is 2. The Hall–Kier alpha value is -3.09. The number of rotatable bonds is 4. The van der Waals surface area contributed by atoms with Crippen LogP contribution in [0.5, 0.6) is 0 Å². The minimum atomic E-state index is -0.563. The fourth-order valence-electron chi connectivity index (χ4n) is 4.75. The van der Waals surface area contributed by atoms with Gasteiger partial charge in [0, 0.05) is 42.4 Å². The maximum absolute atomic E-state index is 13.2. The van der Waals surface area contributed by atoms with E-state index in [2.05, 4.69) is 47.9 Å². The van der Waals surface area contributed by atoms with Crippen molar-refractivity contribution >= 4 is 17.3 Å². The van der Waals surface area contributed by atoms with Gasteiger partial charge in [-0.25, -0.2) is 4.79 Å². The first-order valence-corrected chi connectivity index (χ1v) is 10.5. The number of anilines is 2. The minimum Gasteiger partial charge on any atom is -0.372 e. The summed E-state index contributed by atoms with van der Waals surface area (Å²) in [6.07, 6.45) is 1.11. The normalized spacial score (nSPS) is 19.7. The topological polar surface area (TPSA) is 98.1 Å². The SMILES string of the molecule is CCN(CC)c1ccc(C2C3=C(CC(C)(C)CC3=O)Nc3[nH]c(=O)[nH]c(=O)c32)cc1. The number of hydrogen-bond acceptors (Lipinski definition) is 5. The highest BCUT2D eigenvalue weighted by molar-refractivity contribution is 6.01. The zero-order valence-electron chi connectivity index (χ0n) is 17.9. The summed E-state index contributed by atoms with van der Waals surface area (Å²) in [6, 6.07) is 8.02. The predicted molar refractivity (Wildman–Crippen MR) is 118 cm³/mol. The average Bonchev–Trinajstić information content (AvgIpc) is 2.66. The molecule has 2 heterocycles. The molecule has 1 unspecified atom stereocenters. The van der Waals surface area contributed by atoms with Gasteiger partial charge in [-0.1, -0.05) is 26.0 Å². The Balaban J connectivity index is 1.90. The molecule has 4 rings (SSSR count). The van der Waals surface area contributed by atoms with E-state index >= 15 is 0 Å². The van der Waals surface area contributed by atoms with Crippen molar-refractivity contribution in [2.45, 2.75) is 46.5 Å². The highest BCUT2D eigenvalue weighted by Gasteiger charge is 2.42. The van der Waals surface area contributed by atoms with Crippen molar-refractivity contribution < 1.29 is 4.79 Å². The van der Waals surface area contributed by atoms with Crippen LogP contribution < -0.4 is 21.5 Å². The van der Waals surface area contributed by atoms with Crippen molar-refractivity contribution in [3.8, 4) is 0 Å². The van der Waals surface area contributed by atoms with Crippen LogP contribution >= 0.6 is 0 Å². The number of Topliss-reactive ketones (excluding diaryl/α,β-unsaturated/α-hetero) is 1. The summed E-state index contributed by atoms with van der Waals surface area (Å²) in [6.45, 7) is 10.1. The van der Waals surface area contributed by atoms with Gasteiger partial charge in [0.15, 0.2) is 5.78 Å². The third-order valence-electron chi connectivity index (χ3n) is 6.11. The Bertz CT molecular complexity index is 1130. The molecule has 3 N–H and O–H groups in total. The predicted octanol–water partition coefficient (Wildman–Crippen LogP) is 3.11. The maximum Gasteiger partial charge on any atom is 0.327 e. The second kappa shape index (κ2) is 7.31. The first-order chi connectivity index (χ1) is 14.2. The molecule has 1 aromatic carbocycles. The zero-order valence-corrected chi connectivity index (χ0v) is 17.9. The van der Waals surface area contributed by atoms with Gasteiger partial charge in [-0.2, -0.15) is 0 Å². The van der Waals surface area contributed by atoms with Gasteiger partial charge < -0.3 is 10.2 Å². The van der Waals surface area contributed by atoms with Gasteiger partial charge in [0.1, 0.15) is 5.82 Å². The van der Waals surface area contributed by atoms with Crippen LogP contribution in [-0.4, -0.2) is 28.8 Å². The molecule has 2 aliphatic rings. The summed E-state index contributed by atoms with van der Waals surface area (Å²) in [5.74, 6) is -0.0835. The molecule has 1 aliphatic carbocycles. The minimum absolute atomic E-state index is 0.0443. The summed E-state index contributed by atoms with van der Waals surface area (Å²) in [7, 11) is 0. The largest absolute Gasteiger partial charge is 0.372 e. The Morgan fingerprint density at radius 3 is 2.30 bits per heavy atom. The third-order valence-corrected chi connectivity index (χ3v) is 6.11. The summed E-state index contributed by atoms with van der Waals surface area (Å²) < 4.78 is 0. The quantitative estimate of drug-likeness (QED) is 0.722. The van der Waals surface area contributed by atoms with E-state index in [0.717, 1.165) is 30.0 Å². The van der Waals surface area contributed by atoms with Crippen molar-refractivity contribution in [3.05, 3.63) is 67.5 Å². The molecule has 1 atom stereocenters. The van der Waals surface area contributed by atoms with Crippen molar-refractivity contribution in [3.63, 3.8) is 0 Å². The van der Waals surface area contributed by atoms with Crippen LogP contribution in [0, 0.1) is 5.41 Å². The number of carbonyl (C=O) groups is 1. The fourth-order valence-corrected chi connectivity index (χ4v) is 4.75. The van der Waals surface area contributed by atoms with E-state index in [4.69, 9.17) is 0 Å². The molecule has 0 bridgehead atoms. The molecule has 0 saturated carbocycles. The van der Waals surface area contributed by atoms with Crippen molar-refractivity contribution in [2.24, 2.45) is 5.41 Å². The number of nitrogens with zero attached hydrogens (tertiary/aromatic N) is 1. The van der Waals surface area contributed by atoms with E-state index < -0.39 is 17.2 Å². The van der Waals surface area contributed by atoms with Gasteiger partial charge in [0.25, 0.3) is 5.56 Å². The Labute approximate surface area is 175 Å². The van der Waals surface area contributed by atoms with Crippen molar-refractivity contribution in [1.29, 1.82) is 0 Å². The summed E-state index contributed by atoms with van der Waals surface area (Å²) >= 11 is 0. The maximum atomic E-state index is 13.2. The van der Waals surface area contributed by atoms with Gasteiger partial charge in [-0.3, -0.25) is 19.6 Å². The monoisotopic (exact) mass is 408 g/mol. The van der Waals surface area contributed by atoms with Crippen molar-refractivity contribution in [1.82, 2.24) is 9.97 Å². The number of allylic oxidation sites excluding steroid dienone is 2. The Morgan fingerprint density at radius 1 is 1.00 bits per heavy atom. The highest BCUT2D eigenvalue weighted by atomic mass is 16.2. The lowest BCUT2D eigenvalue weighted by Gasteiger charge is -2.38. The first-order valence-electron chi connectivity index (χ1n) is 10.5. The van der Waals surface area contributed by atoms with Crippen LogP contribution in [-0.2, 0) is 4.79 Å². The van der Waals surface area contributed by atoms with Crippen LogP contribution in [0.1, 0.15) is 57.6 Å². The lowest BCUT2D eigenvalue weighted by atomic mass is 9.69. The summed E-state index contributed by atoms with van der Waals surface area (Å²) in [5, 5.41) is 3.19. The van der Waals surface area contributed by atoms with E-state index in [0.29, 0.717) is 29.8 Å². The third kappa shape index (κ3) is 3.38. The summed E-state index contributed by atoms with van der Waals surface area (Å²) in [4.78, 5) is 45.2. The standard InChI is InChI=1S/C23H28N4O3/c1-5-27(6-2)14-9-7-13(8-10-14)17-18-15(11-23(3,4)12-16(18)28)24-20-19(17)21(29)26-22(30)25-20/h7-10,17H,5-6,11-12H2,1-4H3,(H3,24,25,26,29,30). The number of carbonyl (C=O) groups excluding carboxylic acids is 1. The molecule has 0 saturated heterocycles. The molecule has 1 aromatic heterocycles. The number of fused-ring (bicyclic) bond motifs is 1. The molecule has 30 heavy (non-hydrogen) atoms. The van der Waals surface area contributed by atoms with E-state index in [1.807, 2.05) is 24.3 Å². The van der Waals surface area contributed by atoms with Crippen LogP contribution in [0.15, 0.2) is 45.1 Å². The van der Waals surface area contributed by atoms with Gasteiger partial charge in [0.2, 0.25) is 0 Å². The van der Waals surface area contributed by atoms with Crippen LogP contribution in [0.3, 0.4) is 0 Å². The zero-order chi connectivity index (χ0) is 21.6. The first kappa shape index (κ1) is 20.2. The van der Waals surface area contributed by atoms with Crippen LogP contribution in [0.2, 0.25) is 0 Å².